The van der Waals surface area contributed by atoms with Gasteiger partial charge in [0.1, 0.15) is 11.4 Å². The van der Waals surface area contributed by atoms with Gasteiger partial charge in [-0.25, -0.2) is 14.2 Å². The van der Waals surface area contributed by atoms with Crippen LogP contribution in [-0.2, 0) is 16.5 Å². The number of halogens is 8. The molecule has 3 rings (SSSR count). The first kappa shape index (κ1) is 34.2. The number of carbonyl (C=O) groups excluding carboxylic acids is 1. The van der Waals surface area contributed by atoms with E-state index < -0.39 is 81.6 Å². The number of aromatic nitrogens is 3. The van der Waals surface area contributed by atoms with Crippen LogP contribution in [0.5, 0.6) is 0 Å². The Morgan fingerprint density at radius 2 is 1.79 bits per heavy atom. The highest BCUT2D eigenvalue weighted by Gasteiger charge is 2.61. The van der Waals surface area contributed by atoms with Gasteiger partial charge in [0.2, 0.25) is 0 Å². The van der Waals surface area contributed by atoms with Gasteiger partial charge in [0.05, 0.1) is 23.0 Å². The molecule has 0 radical (unpaired) electrons. The molecule has 2 heterocycles. The van der Waals surface area contributed by atoms with Gasteiger partial charge >= 0.3 is 18.4 Å². The minimum absolute atomic E-state index is 0.0537. The first-order valence-corrected chi connectivity index (χ1v) is 13.3. The maximum atomic E-state index is 14.6. The summed E-state index contributed by atoms with van der Waals surface area (Å²) in [5.74, 6) is -4.09. The lowest BCUT2D eigenvalue weighted by atomic mass is 9.92. The quantitative estimate of drug-likeness (QED) is 0.128. The zero-order valence-electron chi connectivity index (χ0n) is 22.6. The third-order valence-corrected chi connectivity index (χ3v) is 6.29. The third kappa shape index (κ3) is 7.61. The number of pyridine rings is 1. The number of ether oxygens (including phenoxy) is 1. The van der Waals surface area contributed by atoms with Gasteiger partial charge in [-0.2, -0.15) is 26.3 Å². The summed E-state index contributed by atoms with van der Waals surface area (Å²) >= 11 is 1.58. The summed E-state index contributed by atoms with van der Waals surface area (Å²) in [5, 5.41) is 30.0. The highest BCUT2D eigenvalue weighted by Crippen LogP contribution is 2.46. The predicted octanol–water partition coefficient (Wildman–Crippen LogP) is 7.04. The number of rotatable bonds is 8. The third-order valence-electron chi connectivity index (χ3n) is 5.62. The molecule has 1 amide bonds. The maximum Gasteiger partial charge on any atom is 0.430 e. The highest BCUT2D eigenvalue weighted by molar-refractivity contribution is 14.1. The van der Waals surface area contributed by atoms with E-state index in [1.807, 2.05) is 5.32 Å². The zero-order valence-corrected chi connectivity index (χ0v) is 24.7. The fourth-order valence-corrected chi connectivity index (χ4v) is 4.21. The zero-order chi connectivity index (χ0) is 32.5. The van der Waals surface area contributed by atoms with Gasteiger partial charge < -0.3 is 19.4 Å². The molecular weight excluding hydrogens is 708 g/mol. The van der Waals surface area contributed by atoms with Crippen molar-refractivity contribution in [3.8, 4) is 11.6 Å². The Morgan fingerprint density at radius 1 is 1.14 bits per heavy atom. The normalized spacial score (nSPS) is 14.6. The number of hydrogen-bond donors (Lipinski definition) is 3. The van der Waals surface area contributed by atoms with Gasteiger partial charge in [-0.1, -0.05) is 6.08 Å². The van der Waals surface area contributed by atoms with Crippen LogP contribution < -0.4 is 5.32 Å². The van der Waals surface area contributed by atoms with Gasteiger partial charge in [-0.15, -0.1) is 16.8 Å². The molecule has 0 aliphatic carbocycles. The van der Waals surface area contributed by atoms with Crippen LogP contribution in [0.15, 0.2) is 41.3 Å². The van der Waals surface area contributed by atoms with Crippen molar-refractivity contribution in [1.82, 2.24) is 15.2 Å². The molecular formula is C26H24F7IN4O5. The van der Waals surface area contributed by atoms with Crippen molar-refractivity contribution in [3.63, 3.8) is 0 Å². The molecule has 3 aromatic rings. The number of amides is 1. The molecule has 2 aromatic heterocycles. The van der Waals surface area contributed by atoms with E-state index in [9.17, 15) is 45.7 Å². The fourth-order valence-electron chi connectivity index (χ4n) is 3.72. The molecule has 0 spiro atoms. The lowest BCUT2D eigenvalue weighted by Gasteiger charge is -2.27. The summed E-state index contributed by atoms with van der Waals surface area (Å²) in [6.45, 7) is 7.80. The van der Waals surface area contributed by atoms with E-state index in [0.717, 1.165) is 6.07 Å². The van der Waals surface area contributed by atoms with Crippen molar-refractivity contribution < 1.29 is 54.9 Å². The smallest absolute Gasteiger partial charge is 0.430 e. The van der Waals surface area contributed by atoms with Crippen molar-refractivity contribution in [2.45, 2.75) is 63.3 Å². The maximum absolute atomic E-state index is 14.6. The van der Waals surface area contributed by atoms with E-state index in [4.69, 9.17) is 9.15 Å². The van der Waals surface area contributed by atoms with E-state index in [1.165, 1.54) is 26.8 Å². The number of carbonyl (C=O) groups is 1. The molecule has 0 bridgehead atoms. The molecule has 2 atom stereocenters. The number of nitrogens with zero attached hydrogens (tertiary/aromatic N) is 3. The first-order valence-electron chi connectivity index (χ1n) is 12.2. The molecule has 234 valence electrons. The van der Waals surface area contributed by atoms with E-state index >= 15 is 0 Å². The van der Waals surface area contributed by atoms with Gasteiger partial charge in [0.15, 0.2) is 5.69 Å². The SMILES string of the molecule is C=CCCC(O)c1nc(-c2nnc(C(O)(c3cc(I)ccc3F)C(F)(F)F)o2)c(NC(=O)OC(C)(C)C)cc1C(F)(F)F. The Morgan fingerprint density at radius 3 is 2.35 bits per heavy atom. The van der Waals surface area contributed by atoms with E-state index in [2.05, 4.69) is 21.8 Å². The molecule has 9 nitrogen and oxygen atoms in total. The summed E-state index contributed by atoms with van der Waals surface area (Å²) in [7, 11) is 0. The number of nitrogens with one attached hydrogen (secondary N) is 1. The molecule has 1 aromatic carbocycles. The summed E-state index contributed by atoms with van der Waals surface area (Å²) in [6, 6.07) is 2.85. The molecule has 0 aliphatic rings. The van der Waals surface area contributed by atoms with E-state index in [-0.39, 0.29) is 16.4 Å². The minimum atomic E-state index is -5.64. The second kappa shape index (κ2) is 12.4. The van der Waals surface area contributed by atoms with Crippen molar-refractivity contribution in [2.75, 3.05) is 5.32 Å². The average Bonchev–Trinajstić information content (AvgIpc) is 3.36. The standard InChI is InChI=1S/C26H24F7IN4O5/c1-5-6-7-17(39)18-14(25(28,29)30)11-16(35-22(40)43-23(2,3)4)19(36-18)20-37-38-21(42-20)24(41,26(31,32)33)13-10-12(34)8-9-15(13)27/h5,8-11,17,39,41H,1,6-7H2,2-4H3,(H,35,40). The summed E-state index contributed by atoms with van der Waals surface area (Å²) in [6.07, 6.45) is -12.8. The second-order valence-corrected chi connectivity index (χ2v) is 11.3. The van der Waals surface area contributed by atoms with Gasteiger partial charge in [0, 0.05) is 9.13 Å². The minimum Gasteiger partial charge on any atom is -0.444 e. The van der Waals surface area contributed by atoms with Crippen LogP contribution >= 0.6 is 22.6 Å². The van der Waals surface area contributed by atoms with Crippen molar-refractivity contribution in [1.29, 1.82) is 0 Å². The first-order chi connectivity index (χ1) is 19.7. The van der Waals surface area contributed by atoms with Crippen LogP contribution in [-0.4, -0.2) is 43.3 Å². The van der Waals surface area contributed by atoms with Gasteiger partial charge in [-0.3, -0.25) is 5.32 Å². The number of allylic oxidation sites excluding steroid dienone is 1. The summed E-state index contributed by atoms with van der Waals surface area (Å²) < 4.78 is 110. The van der Waals surface area contributed by atoms with Crippen molar-refractivity contribution in [3.05, 3.63) is 69.0 Å². The highest BCUT2D eigenvalue weighted by atomic mass is 127. The molecule has 3 N–H and O–H groups in total. The van der Waals surface area contributed by atoms with E-state index in [1.54, 1.807) is 22.6 Å². The summed E-state index contributed by atoms with van der Waals surface area (Å²) in [5.41, 5.74) is -10.7. The topological polar surface area (TPSA) is 131 Å². The number of alkyl halides is 6. The molecule has 0 saturated heterocycles. The van der Waals surface area contributed by atoms with Crippen molar-refractivity contribution >= 4 is 34.4 Å². The van der Waals surface area contributed by atoms with Crippen LogP contribution in [0.1, 0.15) is 62.4 Å². The molecule has 0 saturated carbocycles. The fraction of sp³-hybridized carbons (Fsp3) is 0.385. The van der Waals surface area contributed by atoms with Gasteiger partial charge in [0.25, 0.3) is 17.4 Å². The number of benzene rings is 1. The second-order valence-electron chi connectivity index (χ2n) is 10.1. The van der Waals surface area contributed by atoms with E-state index in [0.29, 0.717) is 18.2 Å². The Hall–Kier alpha value is -3.32. The molecule has 0 fully saturated rings. The van der Waals surface area contributed by atoms with Crippen molar-refractivity contribution in [2.24, 2.45) is 0 Å². The number of aliphatic hydroxyl groups is 2. The van der Waals surface area contributed by atoms with Gasteiger partial charge in [-0.05, 0) is 80.5 Å². The Bertz CT molecular complexity index is 1500. The Kier molecular flexibility index (Phi) is 9.82. The molecule has 17 heteroatoms. The monoisotopic (exact) mass is 732 g/mol. The molecule has 43 heavy (non-hydrogen) atoms. The largest absolute Gasteiger partial charge is 0.444 e. The number of aliphatic hydroxyl groups excluding tert-OH is 1. The number of hydrogen-bond acceptors (Lipinski definition) is 8. The Labute approximate surface area is 253 Å². The lowest BCUT2D eigenvalue weighted by Crippen LogP contribution is -2.44. The molecule has 0 aliphatic heterocycles. The Balaban J connectivity index is 2.30. The number of anilines is 1. The van der Waals surface area contributed by atoms with Crippen LogP contribution in [0, 0.1) is 9.39 Å². The van der Waals surface area contributed by atoms with Crippen LogP contribution in [0.3, 0.4) is 0 Å². The molecule has 2 unspecified atom stereocenters. The summed E-state index contributed by atoms with van der Waals surface area (Å²) in [4.78, 5) is 16.2. The van der Waals surface area contributed by atoms with Crippen LogP contribution in [0.25, 0.3) is 11.6 Å². The van der Waals surface area contributed by atoms with Crippen LogP contribution in [0.4, 0.5) is 41.2 Å². The lowest BCUT2D eigenvalue weighted by molar-refractivity contribution is -0.256. The average molecular weight is 732 g/mol. The van der Waals surface area contributed by atoms with Crippen LogP contribution in [0.2, 0.25) is 0 Å². The predicted molar refractivity (Wildman–Crippen MR) is 145 cm³/mol.